The molecule has 168 valence electrons. The first-order valence-electron chi connectivity index (χ1n) is 10.4. The van der Waals surface area contributed by atoms with Crippen LogP contribution in [0.4, 0.5) is 27.9 Å². The van der Waals surface area contributed by atoms with Crippen molar-refractivity contribution in [3.05, 3.63) is 36.6 Å². The molecule has 1 fully saturated rings. The van der Waals surface area contributed by atoms with Gasteiger partial charge >= 0.3 is 6.09 Å². The molecule has 0 spiro atoms. The second-order valence-corrected chi connectivity index (χ2v) is 7.87. The second kappa shape index (κ2) is 8.74. The molecule has 10 heteroatoms. The number of rotatable bonds is 5. The third kappa shape index (κ3) is 4.29. The molecule has 4 rings (SSSR count). The van der Waals surface area contributed by atoms with Gasteiger partial charge in [0.1, 0.15) is 5.52 Å². The molecular weight excluding hydrogens is 412 g/mol. The van der Waals surface area contributed by atoms with Gasteiger partial charge in [-0.15, -0.1) is 0 Å². The van der Waals surface area contributed by atoms with Gasteiger partial charge in [0.15, 0.2) is 11.4 Å². The highest BCUT2D eigenvalue weighted by atomic mass is 16.4. The van der Waals surface area contributed by atoms with Crippen LogP contribution in [0.3, 0.4) is 0 Å². The van der Waals surface area contributed by atoms with Gasteiger partial charge < -0.3 is 29.5 Å². The normalized spacial score (nSPS) is 14.4. The van der Waals surface area contributed by atoms with Gasteiger partial charge in [0.2, 0.25) is 11.9 Å². The van der Waals surface area contributed by atoms with Crippen LogP contribution < -0.4 is 15.1 Å². The first-order chi connectivity index (χ1) is 15.3. The highest BCUT2D eigenvalue weighted by Crippen LogP contribution is 2.30. The number of carbonyl (C=O) groups excluding carboxylic acids is 1. The highest BCUT2D eigenvalue weighted by molar-refractivity contribution is 5.91. The fourth-order valence-corrected chi connectivity index (χ4v) is 3.82. The number of nitrogens with zero attached hydrogens (tertiary/aromatic N) is 5. The van der Waals surface area contributed by atoms with Crippen LogP contribution in [0.1, 0.15) is 19.8 Å². The SMILES string of the molecule is CC(=O)N(C)c1ccc(Nc2nc(N3CCC(N(C)C(=O)O)CC3)c3occc3n2)cc1. The fraction of sp³-hybridized carbons (Fsp3) is 0.364. The summed E-state index contributed by atoms with van der Waals surface area (Å²) in [6.45, 7) is 2.85. The number of hydrogen-bond acceptors (Lipinski definition) is 7. The monoisotopic (exact) mass is 438 g/mol. The number of furan rings is 1. The Balaban J connectivity index is 1.54. The van der Waals surface area contributed by atoms with E-state index in [1.807, 2.05) is 24.3 Å². The first kappa shape index (κ1) is 21.4. The highest BCUT2D eigenvalue weighted by Gasteiger charge is 2.27. The molecule has 32 heavy (non-hydrogen) atoms. The lowest BCUT2D eigenvalue weighted by molar-refractivity contribution is -0.116. The van der Waals surface area contributed by atoms with E-state index in [1.165, 1.54) is 11.8 Å². The maximum atomic E-state index is 11.5. The third-order valence-corrected chi connectivity index (χ3v) is 5.88. The quantitative estimate of drug-likeness (QED) is 0.622. The average Bonchev–Trinajstić information content (AvgIpc) is 3.26. The van der Waals surface area contributed by atoms with Gasteiger partial charge in [-0.05, 0) is 37.1 Å². The van der Waals surface area contributed by atoms with Crippen molar-refractivity contribution in [3.8, 4) is 0 Å². The molecule has 1 aliphatic rings. The maximum absolute atomic E-state index is 11.5. The molecule has 1 aliphatic heterocycles. The molecule has 0 unspecified atom stereocenters. The number of aromatic nitrogens is 2. The molecule has 2 aromatic heterocycles. The zero-order valence-corrected chi connectivity index (χ0v) is 18.3. The van der Waals surface area contributed by atoms with Gasteiger partial charge in [0.05, 0.1) is 6.26 Å². The lowest BCUT2D eigenvalue weighted by Gasteiger charge is -2.36. The lowest BCUT2D eigenvalue weighted by atomic mass is 10.0. The number of carboxylic acid groups (broad SMARTS) is 1. The topological polar surface area (TPSA) is 115 Å². The summed E-state index contributed by atoms with van der Waals surface area (Å²) in [5.74, 6) is 1.08. The molecule has 0 bridgehead atoms. The van der Waals surface area contributed by atoms with Gasteiger partial charge in [0, 0.05) is 57.6 Å². The number of fused-ring (bicyclic) bond motifs is 1. The minimum atomic E-state index is -0.911. The van der Waals surface area contributed by atoms with Crippen molar-refractivity contribution in [1.29, 1.82) is 0 Å². The number of anilines is 4. The first-order valence-corrected chi connectivity index (χ1v) is 10.4. The van der Waals surface area contributed by atoms with Gasteiger partial charge in [-0.25, -0.2) is 9.78 Å². The van der Waals surface area contributed by atoms with Crippen LogP contribution in [0.5, 0.6) is 0 Å². The zero-order chi connectivity index (χ0) is 22.8. The summed E-state index contributed by atoms with van der Waals surface area (Å²) >= 11 is 0. The van der Waals surface area contributed by atoms with E-state index in [1.54, 1.807) is 31.3 Å². The average molecular weight is 438 g/mol. The smallest absolute Gasteiger partial charge is 0.407 e. The minimum absolute atomic E-state index is 0.0121. The maximum Gasteiger partial charge on any atom is 0.407 e. The van der Waals surface area contributed by atoms with Gasteiger partial charge in [-0.2, -0.15) is 4.98 Å². The van der Waals surface area contributed by atoms with Crippen molar-refractivity contribution in [2.75, 3.05) is 42.3 Å². The van der Waals surface area contributed by atoms with Gasteiger partial charge in [-0.3, -0.25) is 4.79 Å². The predicted molar refractivity (Wildman–Crippen MR) is 122 cm³/mol. The molecule has 3 aromatic rings. The zero-order valence-electron chi connectivity index (χ0n) is 18.3. The predicted octanol–water partition coefficient (Wildman–Crippen LogP) is 3.53. The van der Waals surface area contributed by atoms with Crippen LogP contribution >= 0.6 is 0 Å². The fourth-order valence-electron chi connectivity index (χ4n) is 3.82. The number of amides is 2. The summed E-state index contributed by atoms with van der Waals surface area (Å²) in [6, 6.07) is 9.22. The Morgan fingerprint density at radius 1 is 1.12 bits per heavy atom. The minimum Gasteiger partial charge on any atom is -0.465 e. The largest absolute Gasteiger partial charge is 0.465 e. The van der Waals surface area contributed by atoms with Crippen LogP contribution in [0.25, 0.3) is 11.1 Å². The standard InChI is InChI=1S/C22H26N6O4/c1-14(29)26(2)16-6-4-15(5-7-16)23-21-24-18-10-13-32-19(18)20(25-21)28-11-8-17(9-12-28)27(3)22(30)31/h4-7,10,13,17H,8-9,11-12H2,1-3H3,(H,30,31)(H,23,24,25). The molecule has 1 saturated heterocycles. The van der Waals surface area contributed by atoms with E-state index < -0.39 is 6.09 Å². The molecule has 3 heterocycles. The summed E-state index contributed by atoms with van der Waals surface area (Å²) in [4.78, 5) is 37.1. The van der Waals surface area contributed by atoms with Crippen molar-refractivity contribution in [2.24, 2.45) is 0 Å². The van der Waals surface area contributed by atoms with E-state index in [4.69, 9.17) is 9.40 Å². The molecule has 0 saturated carbocycles. The molecule has 10 nitrogen and oxygen atoms in total. The van der Waals surface area contributed by atoms with E-state index in [-0.39, 0.29) is 11.9 Å². The van der Waals surface area contributed by atoms with Crippen molar-refractivity contribution < 1.29 is 19.1 Å². The number of piperidine rings is 1. The van der Waals surface area contributed by atoms with E-state index in [0.717, 1.165) is 11.4 Å². The Bertz CT molecular complexity index is 1120. The van der Waals surface area contributed by atoms with E-state index >= 15 is 0 Å². The number of benzene rings is 1. The van der Waals surface area contributed by atoms with Crippen LogP contribution in [-0.4, -0.2) is 65.2 Å². The summed E-state index contributed by atoms with van der Waals surface area (Å²) in [6.07, 6.45) is 2.10. The third-order valence-electron chi connectivity index (χ3n) is 5.88. The second-order valence-electron chi connectivity index (χ2n) is 7.87. The Kier molecular flexibility index (Phi) is 5.85. The molecule has 0 aliphatic carbocycles. The lowest BCUT2D eigenvalue weighted by Crippen LogP contribution is -2.45. The van der Waals surface area contributed by atoms with E-state index in [9.17, 15) is 14.7 Å². The number of nitrogens with one attached hydrogen (secondary N) is 1. The van der Waals surface area contributed by atoms with E-state index in [0.29, 0.717) is 48.8 Å². The van der Waals surface area contributed by atoms with Crippen molar-refractivity contribution >= 4 is 46.2 Å². The van der Waals surface area contributed by atoms with Gasteiger partial charge in [-0.1, -0.05) is 0 Å². The Labute approximate surface area is 185 Å². The molecule has 2 amide bonds. The summed E-state index contributed by atoms with van der Waals surface area (Å²) < 4.78 is 5.65. The number of carbonyl (C=O) groups is 2. The van der Waals surface area contributed by atoms with Crippen molar-refractivity contribution in [1.82, 2.24) is 14.9 Å². The van der Waals surface area contributed by atoms with Gasteiger partial charge in [0.25, 0.3) is 0 Å². The summed E-state index contributed by atoms with van der Waals surface area (Å²) in [7, 11) is 3.34. The van der Waals surface area contributed by atoms with E-state index in [2.05, 4.69) is 15.2 Å². The Morgan fingerprint density at radius 3 is 2.44 bits per heavy atom. The van der Waals surface area contributed by atoms with Crippen LogP contribution in [0, 0.1) is 0 Å². The Morgan fingerprint density at radius 2 is 1.81 bits per heavy atom. The number of hydrogen-bond donors (Lipinski definition) is 2. The molecular formula is C22H26N6O4. The van der Waals surface area contributed by atoms with Crippen LogP contribution in [-0.2, 0) is 4.79 Å². The molecule has 0 atom stereocenters. The van der Waals surface area contributed by atoms with Crippen LogP contribution in [0.2, 0.25) is 0 Å². The Hall–Kier alpha value is -3.82. The van der Waals surface area contributed by atoms with Crippen molar-refractivity contribution in [3.63, 3.8) is 0 Å². The summed E-state index contributed by atoms with van der Waals surface area (Å²) in [5, 5.41) is 12.5. The molecule has 0 radical (unpaired) electrons. The van der Waals surface area contributed by atoms with Crippen molar-refractivity contribution in [2.45, 2.75) is 25.8 Å². The summed E-state index contributed by atoms with van der Waals surface area (Å²) in [5.41, 5.74) is 2.89. The molecule has 1 aromatic carbocycles. The molecule has 2 N–H and O–H groups in total. The van der Waals surface area contributed by atoms with Crippen LogP contribution in [0.15, 0.2) is 41.0 Å².